The van der Waals surface area contributed by atoms with Crippen LogP contribution in [0.2, 0.25) is 0 Å². The van der Waals surface area contributed by atoms with E-state index in [1.807, 2.05) is 26.1 Å². The first-order valence-corrected chi connectivity index (χ1v) is 7.64. The third-order valence-electron chi connectivity index (χ3n) is 3.86. The van der Waals surface area contributed by atoms with Gasteiger partial charge in [-0.3, -0.25) is 0 Å². The monoisotopic (exact) mass is 288 g/mol. The van der Waals surface area contributed by atoms with E-state index in [4.69, 9.17) is 10.00 Å². The van der Waals surface area contributed by atoms with Crippen molar-refractivity contribution in [2.24, 2.45) is 0 Å². The first-order chi connectivity index (χ1) is 9.80. The Bertz CT molecular complexity index is 467. The number of nitrogens with one attached hydrogen (secondary N) is 1. The highest BCUT2D eigenvalue weighted by Gasteiger charge is 2.19. The molecule has 1 aromatic carbocycles. The minimum atomic E-state index is -0.422. The van der Waals surface area contributed by atoms with Crippen molar-refractivity contribution in [3.63, 3.8) is 0 Å². The van der Waals surface area contributed by atoms with Gasteiger partial charge in [-0.2, -0.15) is 5.26 Å². The van der Waals surface area contributed by atoms with Crippen LogP contribution in [0.5, 0.6) is 5.75 Å². The first kappa shape index (κ1) is 17.5. The summed E-state index contributed by atoms with van der Waals surface area (Å²) in [5.41, 5.74) is 1.07. The van der Waals surface area contributed by atoms with E-state index in [0.29, 0.717) is 6.61 Å². The third kappa shape index (κ3) is 5.77. The molecule has 0 heterocycles. The highest BCUT2D eigenvalue weighted by Crippen LogP contribution is 2.24. The molecule has 1 N–H and O–H groups in total. The standard InChI is InChI=1S/C18H28N2O/c1-17(2,3)15-8-10-16(11-9-15)21-13-7-6-12-18(4,14-19)20-5/h8-11,20H,6-7,12-13H2,1-5H3. The Labute approximate surface area is 129 Å². The fourth-order valence-electron chi connectivity index (χ4n) is 2.06. The molecule has 0 aliphatic carbocycles. The number of hydrogen-bond donors (Lipinski definition) is 1. The molecule has 1 aromatic rings. The van der Waals surface area contributed by atoms with Gasteiger partial charge in [-0.1, -0.05) is 32.9 Å². The largest absolute Gasteiger partial charge is 0.494 e. The van der Waals surface area contributed by atoms with E-state index in [1.165, 1.54) is 5.56 Å². The van der Waals surface area contributed by atoms with E-state index in [1.54, 1.807) is 0 Å². The summed E-state index contributed by atoms with van der Waals surface area (Å²) in [6.07, 6.45) is 2.78. The Kier molecular flexibility index (Phi) is 6.23. The van der Waals surface area contributed by atoms with Crippen LogP contribution < -0.4 is 10.1 Å². The lowest BCUT2D eigenvalue weighted by Crippen LogP contribution is -2.37. The number of nitriles is 1. The Morgan fingerprint density at radius 1 is 1.10 bits per heavy atom. The summed E-state index contributed by atoms with van der Waals surface area (Å²) in [5.74, 6) is 0.916. The fourth-order valence-corrected chi connectivity index (χ4v) is 2.06. The van der Waals surface area contributed by atoms with Crippen LogP contribution in [0.3, 0.4) is 0 Å². The Balaban J connectivity index is 2.32. The zero-order valence-corrected chi connectivity index (χ0v) is 14.0. The second-order valence-corrected chi connectivity index (χ2v) is 6.77. The normalized spacial score (nSPS) is 14.3. The number of benzene rings is 1. The van der Waals surface area contributed by atoms with Crippen LogP contribution in [0.15, 0.2) is 24.3 Å². The Hall–Kier alpha value is -1.53. The van der Waals surface area contributed by atoms with Gasteiger partial charge < -0.3 is 10.1 Å². The van der Waals surface area contributed by atoms with Crippen LogP contribution in [0.1, 0.15) is 52.5 Å². The lowest BCUT2D eigenvalue weighted by Gasteiger charge is -2.20. The maximum Gasteiger partial charge on any atom is 0.119 e. The van der Waals surface area contributed by atoms with E-state index in [9.17, 15) is 0 Å². The number of rotatable bonds is 7. The molecule has 21 heavy (non-hydrogen) atoms. The Morgan fingerprint density at radius 3 is 2.19 bits per heavy atom. The topological polar surface area (TPSA) is 45.0 Å². The zero-order valence-electron chi connectivity index (χ0n) is 14.0. The summed E-state index contributed by atoms with van der Waals surface area (Å²) in [5, 5.41) is 12.1. The van der Waals surface area contributed by atoms with E-state index < -0.39 is 5.54 Å². The molecule has 0 radical (unpaired) electrons. The average Bonchev–Trinajstić information content (AvgIpc) is 2.46. The van der Waals surface area contributed by atoms with Crippen LogP contribution >= 0.6 is 0 Å². The van der Waals surface area contributed by atoms with Gasteiger partial charge in [0.25, 0.3) is 0 Å². The molecule has 0 spiro atoms. The highest BCUT2D eigenvalue weighted by molar-refractivity contribution is 5.31. The van der Waals surface area contributed by atoms with Crippen LogP contribution in [0, 0.1) is 11.3 Å². The van der Waals surface area contributed by atoms with Gasteiger partial charge in [0.05, 0.1) is 12.7 Å². The molecule has 1 unspecified atom stereocenters. The van der Waals surface area contributed by atoms with Crippen molar-refractivity contribution in [2.75, 3.05) is 13.7 Å². The molecular weight excluding hydrogens is 260 g/mol. The van der Waals surface area contributed by atoms with E-state index >= 15 is 0 Å². The summed E-state index contributed by atoms with van der Waals surface area (Å²) in [6.45, 7) is 9.24. The number of ether oxygens (including phenoxy) is 1. The molecule has 0 aromatic heterocycles. The second kappa shape index (κ2) is 7.47. The molecule has 0 saturated heterocycles. The first-order valence-electron chi connectivity index (χ1n) is 7.64. The van der Waals surface area contributed by atoms with Gasteiger partial charge in [0.2, 0.25) is 0 Å². The summed E-state index contributed by atoms with van der Waals surface area (Å²) in [6, 6.07) is 10.6. The fraction of sp³-hybridized carbons (Fsp3) is 0.611. The van der Waals surface area contributed by atoms with E-state index in [2.05, 4.69) is 44.3 Å². The summed E-state index contributed by atoms with van der Waals surface area (Å²) in [4.78, 5) is 0. The lowest BCUT2D eigenvalue weighted by molar-refractivity contribution is 0.297. The van der Waals surface area contributed by atoms with Gasteiger partial charge in [-0.05, 0) is 56.3 Å². The summed E-state index contributed by atoms with van der Waals surface area (Å²) >= 11 is 0. The molecule has 0 aliphatic rings. The van der Waals surface area contributed by atoms with Gasteiger partial charge in [0.1, 0.15) is 11.3 Å². The molecule has 116 valence electrons. The average molecular weight is 288 g/mol. The van der Waals surface area contributed by atoms with Crippen molar-refractivity contribution in [3.8, 4) is 11.8 Å². The maximum absolute atomic E-state index is 9.07. The van der Waals surface area contributed by atoms with Crippen molar-refractivity contribution < 1.29 is 4.74 Å². The molecule has 3 heteroatoms. The SMILES string of the molecule is CNC(C)(C#N)CCCCOc1ccc(C(C)(C)C)cc1. The van der Waals surface area contributed by atoms with Crippen LogP contribution in [-0.4, -0.2) is 19.2 Å². The molecule has 0 fully saturated rings. The maximum atomic E-state index is 9.07. The van der Waals surface area contributed by atoms with Crippen molar-refractivity contribution in [1.82, 2.24) is 5.32 Å². The number of nitrogens with zero attached hydrogens (tertiary/aromatic N) is 1. The lowest BCUT2D eigenvalue weighted by atomic mass is 9.87. The van der Waals surface area contributed by atoms with Crippen LogP contribution in [-0.2, 0) is 5.41 Å². The van der Waals surface area contributed by atoms with Crippen molar-refractivity contribution >= 4 is 0 Å². The molecule has 0 saturated carbocycles. The molecule has 1 rings (SSSR count). The minimum absolute atomic E-state index is 0.174. The minimum Gasteiger partial charge on any atom is -0.494 e. The van der Waals surface area contributed by atoms with Crippen molar-refractivity contribution in [3.05, 3.63) is 29.8 Å². The number of hydrogen-bond acceptors (Lipinski definition) is 3. The van der Waals surface area contributed by atoms with Crippen molar-refractivity contribution in [1.29, 1.82) is 5.26 Å². The smallest absolute Gasteiger partial charge is 0.119 e. The highest BCUT2D eigenvalue weighted by atomic mass is 16.5. The van der Waals surface area contributed by atoms with Crippen LogP contribution in [0.25, 0.3) is 0 Å². The molecule has 1 atom stereocenters. The Morgan fingerprint density at radius 2 is 1.71 bits per heavy atom. The molecule has 0 aliphatic heterocycles. The van der Waals surface area contributed by atoms with E-state index in [-0.39, 0.29) is 5.41 Å². The predicted octanol–water partition coefficient (Wildman–Crippen LogP) is 4.03. The van der Waals surface area contributed by atoms with Gasteiger partial charge >= 0.3 is 0 Å². The van der Waals surface area contributed by atoms with Crippen LogP contribution in [0.4, 0.5) is 0 Å². The quantitative estimate of drug-likeness (QED) is 0.770. The van der Waals surface area contributed by atoms with Crippen molar-refractivity contribution in [2.45, 2.75) is 57.9 Å². The van der Waals surface area contributed by atoms with Gasteiger partial charge in [-0.15, -0.1) is 0 Å². The van der Waals surface area contributed by atoms with Gasteiger partial charge in [0.15, 0.2) is 0 Å². The second-order valence-electron chi connectivity index (χ2n) is 6.77. The molecule has 3 nitrogen and oxygen atoms in total. The third-order valence-corrected chi connectivity index (χ3v) is 3.86. The number of unbranched alkanes of at least 4 members (excludes halogenated alkanes) is 1. The molecular formula is C18H28N2O. The summed E-state index contributed by atoms with van der Waals surface area (Å²) in [7, 11) is 1.83. The van der Waals surface area contributed by atoms with Gasteiger partial charge in [0, 0.05) is 0 Å². The van der Waals surface area contributed by atoms with Gasteiger partial charge in [-0.25, -0.2) is 0 Å². The van der Waals surface area contributed by atoms with E-state index in [0.717, 1.165) is 25.0 Å². The summed E-state index contributed by atoms with van der Waals surface area (Å²) < 4.78 is 5.75. The molecule has 0 bridgehead atoms. The zero-order chi connectivity index (χ0) is 15.9. The predicted molar refractivity (Wildman–Crippen MR) is 87.6 cm³/mol. The molecule has 0 amide bonds.